The van der Waals surface area contributed by atoms with Gasteiger partial charge in [0.05, 0.1) is 5.75 Å². The van der Waals surface area contributed by atoms with E-state index in [1.165, 1.54) is 19.1 Å². The maximum Gasteiger partial charge on any atom is 0.308 e. The van der Waals surface area contributed by atoms with Crippen LogP contribution in [0, 0.1) is 5.82 Å². The number of fused-ring (bicyclic) bond motifs is 1. The number of carbonyl (C=O) groups is 1. The van der Waals surface area contributed by atoms with Crippen molar-refractivity contribution >= 4 is 26.8 Å². The van der Waals surface area contributed by atoms with Crippen LogP contribution in [0.15, 0.2) is 91.0 Å². The smallest absolute Gasteiger partial charge is 0.308 e. The molecular weight excluding hydrogens is 453 g/mol. The number of carbonyl (C=O) groups excluding carboxylic acids is 1. The van der Waals surface area contributed by atoms with E-state index in [9.17, 15) is 17.6 Å². The van der Waals surface area contributed by atoms with Gasteiger partial charge in [-0.05, 0) is 59.2 Å². The SMILES string of the molecule is CCS(=O)(=O)Oc1ccc(CN(Cc2ccc(F)cc2)C(=O)c2cccc3ccccc23)cc1. The largest absolute Gasteiger partial charge is 0.382 e. The lowest BCUT2D eigenvalue weighted by Gasteiger charge is -2.24. The number of benzene rings is 4. The summed E-state index contributed by atoms with van der Waals surface area (Å²) in [7, 11) is -3.62. The summed E-state index contributed by atoms with van der Waals surface area (Å²) in [5.41, 5.74) is 2.18. The second kappa shape index (κ2) is 10.1. The fraction of sp³-hybridized carbons (Fsp3) is 0.148. The van der Waals surface area contributed by atoms with Crippen LogP contribution in [0.1, 0.15) is 28.4 Å². The summed E-state index contributed by atoms with van der Waals surface area (Å²) in [6.07, 6.45) is 0. The monoisotopic (exact) mass is 477 g/mol. The highest BCUT2D eigenvalue weighted by Crippen LogP contribution is 2.23. The standard InChI is InChI=1S/C27H24FNO4S/c1-2-34(31,32)33-24-16-12-21(13-17-24)19-29(18-20-10-14-23(28)15-11-20)27(30)26-9-5-7-22-6-3-4-8-25(22)26/h3-17H,2,18-19H2,1H3. The number of rotatable bonds is 8. The van der Waals surface area contributed by atoms with Gasteiger partial charge in [-0.2, -0.15) is 8.42 Å². The molecule has 7 heteroatoms. The Morgan fingerprint density at radius 2 is 1.41 bits per heavy atom. The Kier molecular flexibility index (Phi) is 6.93. The Labute approximate surface area is 198 Å². The molecule has 0 spiro atoms. The van der Waals surface area contributed by atoms with Crippen molar-refractivity contribution in [2.75, 3.05) is 5.75 Å². The van der Waals surface area contributed by atoms with Crippen molar-refractivity contribution in [3.8, 4) is 5.75 Å². The van der Waals surface area contributed by atoms with E-state index < -0.39 is 10.1 Å². The van der Waals surface area contributed by atoms with Crippen LogP contribution in [-0.2, 0) is 23.2 Å². The van der Waals surface area contributed by atoms with Crippen LogP contribution in [0.5, 0.6) is 5.75 Å². The molecule has 0 aliphatic heterocycles. The van der Waals surface area contributed by atoms with Gasteiger partial charge in [0.15, 0.2) is 0 Å². The van der Waals surface area contributed by atoms with E-state index in [1.54, 1.807) is 47.4 Å². The molecule has 0 N–H and O–H groups in total. The highest BCUT2D eigenvalue weighted by molar-refractivity contribution is 7.87. The van der Waals surface area contributed by atoms with Gasteiger partial charge in [0.2, 0.25) is 0 Å². The normalized spacial score (nSPS) is 11.4. The summed E-state index contributed by atoms with van der Waals surface area (Å²) in [6, 6.07) is 26.0. The zero-order valence-electron chi connectivity index (χ0n) is 18.6. The van der Waals surface area contributed by atoms with Crippen LogP contribution in [0.3, 0.4) is 0 Å². The van der Waals surface area contributed by atoms with Crippen LogP contribution in [0.4, 0.5) is 4.39 Å². The van der Waals surface area contributed by atoms with E-state index in [-0.39, 0.29) is 36.3 Å². The topological polar surface area (TPSA) is 63.7 Å². The molecule has 174 valence electrons. The molecule has 1 amide bonds. The first-order valence-electron chi connectivity index (χ1n) is 10.9. The lowest BCUT2D eigenvalue weighted by atomic mass is 10.0. The predicted octanol–water partition coefficient (Wildman–Crippen LogP) is 5.55. The van der Waals surface area contributed by atoms with Crippen molar-refractivity contribution in [3.05, 3.63) is 114 Å². The maximum absolute atomic E-state index is 13.7. The summed E-state index contributed by atoms with van der Waals surface area (Å²) >= 11 is 0. The quantitative estimate of drug-likeness (QED) is 0.312. The average Bonchev–Trinajstić information content (AvgIpc) is 2.85. The lowest BCUT2D eigenvalue weighted by molar-refractivity contribution is 0.0732. The molecule has 34 heavy (non-hydrogen) atoms. The number of amides is 1. The van der Waals surface area contributed by atoms with Crippen molar-refractivity contribution in [2.24, 2.45) is 0 Å². The van der Waals surface area contributed by atoms with Crippen molar-refractivity contribution < 1.29 is 21.8 Å². The third-order valence-corrected chi connectivity index (χ3v) is 6.62. The molecule has 0 saturated heterocycles. The van der Waals surface area contributed by atoms with Crippen molar-refractivity contribution in [3.63, 3.8) is 0 Å². The van der Waals surface area contributed by atoms with Crippen LogP contribution in [0.2, 0.25) is 0 Å². The summed E-state index contributed by atoms with van der Waals surface area (Å²) in [5.74, 6) is -0.404. The Morgan fingerprint density at radius 1 is 0.824 bits per heavy atom. The maximum atomic E-state index is 13.7. The van der Waals surface area contributed by atoms with Gasteiger partial charge in [-0.25, -0.2) is 4.39 Å². The molecule has 0 radical (unpaired) electrons. The molecule has 0 saturated carbocycles. The van der Waals surface area contributed by atoms with Gasteiger partial charge in [0, 0.05) is 18.7 Å². The molecule has 0 fully saturated rings. The first-order chi connectivity index (χ1) is 16.3. The number of hydrogen-bond acceptors (Lipinski definition) is 4. The first-order valence-corrected chi connectivity index (χ1v) is 12.4. The highest BCUT2D eigenvalue weighted by Gasteiger charge is 2.19. The molecule has 0 aliphatic rings. The predicted molar refractivity (Wildman–Crippen MR) is 130 cm³/mol. The zero-order valence-corrected chi connectivity index (χ0v) is 19.5. The van der Waals surface area contributed by atoms with E-state index in [2.05, 4.69) is 0 Å². The highest BCUT2D eigenvalue weighted by atomic mass is 32.2. The van der Waals surface area contributed by atoms with Crippen molar-refractivity contribution in [1.82, 2.24) is 4.90 Å². The molecule has 4 aromatic rings. The third kappa shape index (κ3) is 5.61. The molecule has 0 heterocycles. The second-order valence-corrected chi connectivity index (χ2v) is 9.75. The average molecular weight is 478 g/mol. The van der Waals surface area contributed by atoms with Crippen molar-refractivity contribution in [2.45, 2.75) is 20.0 Å². The molecule has 0 atom stereocenters. The minimum Gasteiger partial charge on any atom is -0.382 e. The zero-order chi connectivity index (χ0) is 24.1. The van der Waals surface area contributed by atoms with Gasteiger partial charge in [-0.3, -0.25) is 4.79 Å². The number of hydrogen-bond donors (Lipinski definition) is 0. The molecule has 0 aromatic heterocycles. The van der Waals surface area contributed by atoms with Gasteiger partial charge in [-0.15, -0.1) is 0 Å². The van der Waals surface area contributed by atoms with Crippen molar-refractivity contribution in [1.29, 1.82) is 0 Å². The first kappa shape index (κ1) is 23.4. The molecular formula is C27H24FNO4S. The molecule has 4 aromatic carbocycles. The van der Waals surface area contributed by atoms with Gasteiger partial charge in [0.25, 0.3) is 5.91 Å². The van der Waals surface area contributed by atoms with E-state index in [4.69, 9.17) is 4.18 Å². The van der Waals surface area contributed by atoms with E-state index in [1.807, 2.05) is 36.4 Å². The second-order valence-electron chi connectivity index (χ2n) is 7.89. The molecule has 5 nitrogen and oxygen atoms in total. The van der Waals surface area contributed by atoms with Crippen LogP contribution in [-0.4, -0.2) is 25.0 Å². The van der Waals surface area contributed by atoms with E-state index in [0.717, 1.165) is 21.9 Å². The summed E-state index contributed by atoms with van der Waals surface area (Å²) in [4.78, 5) is 15.4. The summed E-state index contributed by atoms with van der Waals surface area (Å²) in [5, 5.41) is 1.82. The van der Waals surface area contributed by atoms with Crippen LogP contribution >= 0.6 is 0 Å². The van der Waals surface area contributed by atoms with Gasteiger partial charge in [0.1, 0.15) is 11.6 Å². The molecule has 0 aliphatic carbocycles. The fourth-order valence-corrected chi connectivity index (χ4v) is 4.19. The van der Waals surface area contributed by atoms with Crippen LogP contribution in [0.25, 0.3) is 10.8 Å². The minimum atomic E-state index is -3.62. The number of halogens is 1. The molecule has 4 rings (SSSR count). The van der Waals surface area contributed by atoms with Gasteiger partial charge in [-0.1, -0.05) is 60.7 Å². The Balaban J connectivity index is 1.64. The van der Waals surface area contributed by atoms with Gasteiger partial charge >= 0.3 is 10.1 Å². The Hall–Kier alpha value is -3.71. The number of nitrogens with zero attached hydrogens (tertiary/aromatic N) is 1. The minimum absolute atomic E-state index is 0.125. The third-order valence-electron chi connectivity index (χ3n) is 5.47. The Morgan fingerprint density at radius 3 is 2.06 bits per heavy atom. The van der Waals surface area contributed by atoms with Crippen LogP contribution < -0.4 is 4.18 Å². The van der Waals surface area contributed by atoms with Gasteiger partial charge < -0.3 is 9.08 Å². The van der Waals surface area contributed by atoms with E-state index in [0.29, 0.717) is 5.56 Å². The van der Waals surface area contributed by atoms with E-state index >= 15 is 0 Å². The molecule has 0 unspecified atom stereocenters. The fourth-order valence-electron chi connectivity index (χ4n) is 3.67. The lowest BCUT2D eigenvalue weighted by Crippen LogP contribution is -2.30. The summed E-state index contributed by atoms with van der Waals surface area (Å²) in [6.45, 7) is 2.07. The Bertz CT molecular complexity index is 1400. The summed E-state index contributed by atoms with van der Waals surface area (Å²) < 4.78 is 41.9. The molecule has 0 bridgehead atoms.